The van der Waals surface area contributed by atoms with Gasteiger partial charge in [0.25, 0.3) is 0 Å². The Balaban J connectivity index is 3.33. The zero-order chi connectivity index (χ0) is 14.4. The van der Waals surface area contributed by atoms with Gasteiger partial charge in [-0.25, -0.2) is 0 Å². The van der Waals surface area contributed by atoms with Gasteiger partial charge in [0, 0.05) is 0 Å². The van der Waals surface area contributed by atoms with Crippen molar-refractivity contribution in [1.29, 1.82) is 10.5 Å². The zero-order valence-corrected chi connectivity index (χ0v) is 10.3. The molecular weight excluding hydrogens is 248 g/mol. The van der Waals surface area contributed by atoms with Crippen molar-refractivity contribution in [3.8, 4) is 12.1 Å². The van der Waals surface area contributed by atoms with Crippen molar-refractivity contribution in [2.24, 2.45) is 0 Å². The molecule has 1 aromatic carbocycles. The molecule has 0 aliphatic rings. The highest BCUT2D eigenvalue weighted by molar-refractivity contribution is 6.00. The van der Waals surface area contributed by atoms with Gasteiger partial charge >= 0.3 is 11.9 Å². The quantitative estimate of drug-likeness (QED) is 0.588. The lowest BCUT2D eigenvalue weighted by Gasteiger charge is -2.13. The molecule has 6 heteroatoms. The summed E-state index contributed by atoms with van der Waals surface area (Å²) >= 11 is 0. The molecule has 0 spiro atoms. The van der Waals surface area contributed by atoms with E-state index in [9.17, 15) is 9.59 Å². The summed E-state index contributed by atoms with van der Waals surface area (Å²) in [5, 5.41) is 17.7. The third-order valence-corrected chi connectivity index (χ3v) is 2.49. The second-order valence-corrected chi connectivity index (χ2v) is 3.51. The van der Waals surface area contributed by atoms with E-state index in [1.54, 1.807) is 0 Å². The number of esters is 2. The molecule has 0 heterocycles. The topological polar surface area (TPSA) is 100 Å². The number of hydrogen-bond donors (Lipinski definition) is 0. The Kier molecular flexibility index (Phi) is 4.62. The van der Waals surface area contributed by atoms with Gasteiger partial charge < -0.3 is 9.47 Å². The van der Waals surface area contributed by atoms with Crippen molar-refractivity contribution < 1.29 is 19.1 Å². The SMILES string of the molecule is COC(=O)C(C(=O)OC)c1ccc(C#N)c(C#N)c1. The molecule has 0 saturated carbocycles. The van der Waals surface area contributed by atoms with E-state index in [4.69, 9.17) is 10.5 Å². The standard InChI is InChI=1S/C13H10N2O4/c1-18-12(16)11(13(17)19-2)8-3-4-9(6-14)10(5-8)7-15/h3-5,11H,1-2H3. The highest BCUT2D eigenvalue weighted by Crippen LogP contribution is 2.22. The van der Waals surface area contributed by atoms with E-state index in [0.717, 1.165) is 14.2 Å². The van der Waals surface area contributed by atoms with E-state index in [2.05, 4.69) is 9.47 Å². The minimum atomic E-state index is -1.27. The summed E-state index contributed by atoms with van der Waals surface area (Å²) in [6.45, 7) is 0. The number of nitriles is 2. The van der Waals surface area contributed by atoms with Crippen LogP contribution in [-0.2, 0) is 19.1 Å². The molecule has 6 nitrogen and oxygen atoms in total. The maximum atomic E-state index is 11.6. The number of rotatable bonds is 3. The number of ether oxygens (including phenoxy) is 2. The van der Waals surface area contributed by atoms with Gasteiger partial charge in [-0.3, -0.25) is 9.59 Å². The first kappa shape index (κ1) is 14.2. The Hall–Kier alpha value is -2.86. The van der Waals surface area contributed by atoms with Crippen molar-refractivity contribution in [3.05, 3.63) is 34.9 Å². The van der Waals surface area contributed by atoms with Crippen LogP contribution < -0.4 is 0 Å². The lowest BCUT2D eigenvalue weighted by molar-refractivity contribution is -0.154. The number of methoxy groups -OCH3 is 2. The molecule has 0 aliphatic carbocycles. The molecule has 1 rings (SSSR count). The van der Waals surface area contributed by atoms with Gasteiger partial charge in [0.05, 0.1) is 25.3 Å². The minimum Gasteiger partial charge on any atom is -0.468 e. The summed E-state index contributed by atoms with van der Waals surface area (Å²) in [4.78, 5) is 23.2. The molecule has 0 N–H and O–H groups in total. The number of carbonyl (C=O) groups is 2. The Morgan fingerprint density at radius 1 is 1.05 bits per heavy atom. The monoisotopic (exact) mass is 258 g/mol. The zero-order valence-electron chi connectivity index (χ0n) is 10.3. The van der Waals surface area contributed by atoms with Gasteiger partial charge in [-0.05, 0) is 17.7 Å². The van der Waals surface area contributed by atoms with Crippen LogP contribution in [0.2, 0.25) is 0 Å². The fraction of sp³-hybridized carbons (Fsp3) is 0.231. The van der Waals surface area contributed by atoms with Crippen LogP contribution in [0.1, 0.15) is 22.6 Å². The lowest BCUT2D eigenvalue weighted by Crippen LogP contribution is -2.24. The van der Waals surface area contributed by atoms with E-state index in [0.29, 0.717) is 0 Å². The predicted molar refractivity (Wildman–Crippen MR) is 62.6 cm³/mol. The Morgan fingerprint density at radius 2 is 1.58 bits per heavy atom. The second kappa shape index (κ2) is 6.18. The summed E-state index contributed by atoms with van der Waals surface area (Å²) in [5.74, 6) is -2.85. The Bertz CT molecular complexity index is 580. The van der Waals surface area contributed by atoms with Crippen LogP contribution in [0.5, 0.6) is 0 Å². The van der Waals surface area contributed by atoms with Gasteiger partial charge in [0.2, 0.25) is 0 Å². The number of carbonyl (C=O) groups excluding carboxylic acids is 2. The normalized spacial score (nSPS) is 9.32. The van der Waals surface area contributed by atoms with Crippen LogP contribution >= 0.6 is 0 Å². The molecule has 19 heavy (non-hydrogen) atoms. The average Bonchev–Trinajstić information content (AvgIpc) is 2.46. The van der Waals surface area contributed by atoms with Crippen LogP contribution in [0.3, 0.4) is 0 Å². The van der Waals surface area contributed by atoms with Crippen LogP contribution in [0.4, 0.5) is 0 Å². The summed E-state index contributed by atoms with van der Waals surface area (Å²) in [5.41, 5.74) is 0.492. The van der Waals surface area contributed by atoms with E-state index >= 15 is 0 Å². The molecule has 0 radical (unpaired) electrons. The average molecular weight is 258 g/mol. The molecule has 0 saturated heterocycles. The van der Waals surface area contributed by atoms with Crippen LogP contribution in [0, 0.1) is 22.7 Å². The summed E-state index contributed by atoms with van der Waals surface area (Å²) in [7, 11) is 2.29. The Morgan fingerprint density at radius 3 is 2.00 bits per heavy atom. The first-order chi connectivity index (χ1) is 9.08. The fourth-order valence-corrected chi connectivity index (χ4v) is 1.54. The molecule has 0 atom stereocenters. The molecule has 1 aromatic rings. The summed E-state index contributed by atoms with van der Waals surface area (Å²) in [6.07, 6.45) is 0. The van der Waals surface area contributed by atoms with Crippen LogP contribution in [-0.4, -0.2) is 26.2 Å². The Labute approximate surface area is 109 Å². The fourth-order valence-electron chi connectivity index (χ4n) is 1.54. The first-order valence-electron chi connectivity index (χ1n) is 5.18. The lowest BCUT2D eigenvalue weighted by atomic mass is 9.95. The van der Waals surface area contributed by atoms with E-state index in [-0.39, 0.29) is 16.7 Å². The molecule has 96 valence electrons. The second-order valence-electron chi connectivity index (χ2n) is 3.51. The molecule has 0 aromatic heterocycles. The molecular formula is C13H10N2O4. The van der Waals surface area contributed by atoms with Gasteiger partial charge in [0.1, 0.15) is 12.1 Å². The smallest absolute Gasteiger partial charge is 0.324 e. The highest BCUT2D eigenvalue weighted by atomic mass is 16.5. The predicted octanol–water partition coefficient (Wildman–Crippen LogP) is 0.860. The van der Waals surface area contributed by atoms with Crippen molar-refractivity contribution in [2.45, 2.75) is 5.92 Å². The maximum Gasteiger partial charge on any atom is 0.324 e. The van der Waals surface area contributed by atoms with Gasteiger partial charge in [-0.2, -0.15) is 10.5 Å². The number of hydrogen-bond acceptors (Lipinski definition) is 6. The summed E-state index contributed by atoms with van der Waals surface area (Å²) in [6, 6.07) is 7.76. The van der Waals surface area contributed by atoms with Crippen molar-refractivity contribution in [3.63, 3.8) is 0 Å². The molecule has 0 fully saturated rings. The third-order valence-electron chi connectivity index (χ3n) is 2.49. The van der Waals surface area contributed by atoms with Crippen molar-refractivity contribution >= 4 is 11.9 Å². The van der Waals surface area contributed by atoms with Crippen LogP contribution in [0.25, 0.3) is 0 Å². The number of benzene rings is 1. The van der Waals surface area contributed by atoms with Gasteiger partial charge in [0.15, 0.2) is 5.92 Å². The van der Waals surface area contributed by atoms with Gasteiger partial charge in [-0.1, -0.05) is 6.07 Å². The maximum absolute atomic E-state index is 11.6. The van der Waals surface area contributed by atoms with Crippen molar-refractivity contribution in [2.75, 3.05) is 14.2 Å². The van der Waals surface area contributed by atoms with Crippen molar-refractivity contribution in [1.82, 2.24) is 0 Å². The molecule has 0 amide bonds. The van der Waals surface area contributed by atoms with E-state index in [1.807, 2.05) is 12.1 Å². The highest BCUT2D eigenvalue weighted by Gasteiger charge is 2.31. The minimum absolute atomic E-state index is 0.0813. The van der Waals surface area contributed by atoms with Crippen LogP contribution in [0.15, 0.2) is 18.2 Å². The van der Waals surface area contributed by atoms with E-state index < -0.39 is 17.9 Å². The number of nitrogens with zero attached hydrogens (tertiary/aromatic N) is 2. The van der Waals surface area contributed by atoms with Gasteiger partial charge in [-0.15, -0.1) is 0 Å². The molecule has 0 bridgehead atoms. The summed E-state index contributed by atoms with van der Waals surface area (Å²) < 4.78 is 9.06. The first-order valence-corrected chi connectivity index (χ1v) is 5.18. The van der Waals surface area contributed by atoms with E-state index in [1.165, 1.54) is 18.2 Å². The molecule has 0 aliphatic heterocycles. The molecule has 0 unspecified atom stereocenters. The largest absolute Gasteiger partial charge is 0.468 e. The third kappa shape index (κ3) is 2.88.